The Morgan fingerprint density at radius 3 is 2.41 bits per heavy atom. The molecule has 1 amide bonds. The van der Waals surface area contributed by atoms with Crippen LogP contribution in [0.25, 0.3) is 0 Å². The maximum absolute atomic E-state index is 11.9. The van der Waals surface area contributed by atoms with Crippen LogP contribution in [0.15, 0.2) is 39.3 Å². The predicted molar refractivity (Wildman–Crippen MR) is 97.4 cm³/mol. The molecule has 1 N–H and O–H groups in total. The van der Waals surface area contributed by atoms with Gasteiger partial charge in [0.15, 0.2) is 6.61 Å². The van der Waals surface area contributed by atoms with Gasteiger partial charge in [0.05, 0.1) is 25.2 Å². The van der Waals surface area contributed by atoms with Crippen molar-refractivity contribution in [3.05, 3.63) is 54.3 Å². The average Bonchev–Trinajstić information content (AvgIpc) is 2.44. The molecule has 0 unspecified atom stereocenters. The summed E-state index contributed by atoms with van der Waals surface area (Å²) < 4.78 is 7.08. The minimum Gasteiger partial charge on any atom is -0.483 e. The molecule has 0 aliphatic heterocycles. The first kappa shape index (κ1) is 17.9. The van der Waals surface area contributed by atoms with Crippen molar-refractivity contribution in [3.63, 3.8) is 0 Å². The lowest BCUT2D eigenvalue weighted by Gasteiger charge is -2.11. The van der Waals surface area contributed by atoms with Gasteiger partial charge in [-0.1, -0.05) is 50.7 Å². The minimum absolute atomic E-state index is 0.170. The molecule has 0 saturated heterocycles. The summed E-state index contributed by atoms with van der Waals surface area (Å²) in [7, 11) is 0. The number of carbonyl (C=O) groups is 1. The molecule has 2 aromatic rings. The highest BCUT2D eigenvalue weighted by molar-refractivity contribution is 9.11. The normalized spacial score (nSPS) is 10.4. The van der Waals surface area contributed by atoms with Gasteiger partial charge in [0.2, 0.25) is 0 Å². The molecule has 0 fully saturated rings. The molecule has 0 saturated carbocycles. The SMILES string of the molecule is O=C(COc1ccc(Br)cc1Br)Nc1cc(Cl)c(Cl)cc1Cl. The Labute approximate surface area is 159 Å². The van der Waals surface area contributed by atoms with Crippen molar-refractivity contribution in [1.82, 2.24) is 0 Å². The van der Waals surface area contributed by atoms with Gasteiger partial charge in [0, 0.05) is 4.47 Å². The summed E-state index contributed by atoms with van der Waals surface area (Å²) in [5.74, 6) is 0.189. The number of carbonyl (C=O) groups excluding carboxylic acids is 1. The van der Waals surface area contributed by atoms with E-state index in [0.29, 0.717) is 26.5 Å². The van der Waals surface area contributed by atoms with Crippen molar-refractivity contribution in [2.24, 2.45) is 0 Å². The highest BCUT2D eigenvalue weighted by atomic mass is 79.9. The fourth-order valence-corrected chi connectivity index (χ4v) is 3.30. The zero-order chi connectivity index (χ0) is 16.3. The molecule has 22 heavy (non-hydrogen) atoms. The van der Waals surface area contributed by atoms with Crippen molar-refractivity contribution in [2.75, 3.05) is 11.9 Å². The van der Waals surface area contributed by atoms with Gasteiger partial charge < -0.3 is 10.1 Å². The third kappa shape index (κ3) is 4.77. The number of nitrogens with one attached hydrogen (secondary N) is 1. The molecule has 2 aromatic carbocycles. The Balaban J connectivity index is 2.00. The lowest BCUT2D eigenvalue weighted by atomic mass is 10.3. The number of rotatable bonds is 4. The van der Waals surface area contributed by atoms with Crippen LogP contribution in [-0.4, -0.2) is 12.5 Å². The quantitative estimate of drug-likeness (QED) is 0.522. The molecule has 0 spiro atoms. The zero-order valence-electron chi connectivity index (χ0n) is 10.8. The molecule has 116 valence electrons. The molecule has 0 aromatic heterocycles. The van der Waals surface area contributed by atoms with E-state index in [-0.39, 0.29) is 12.5 Å². The summed E-state index contributed by atoms with van der Waals surface area (Å²) in [6, 6.07) is 8.33. The van der Waals surface area contributed by atoms with Crippen LogP contribution in [0.3, 0.4) is 0 Å². The van der Waals surface area contributed by atoms with E-state index in [2.05, 4.69) is 37.2 Å². The van der Waals surface area contributed by atoms with Crippen LogP contribution in [0.5, 0.6) is 5.75 Å². The van der Waals surface area contributed by atoms with E-state index in [0.717, 1.165) is 8.95 Å². The Morgan fingerprint density at radius 1 is 1.05 bits per heavy atom. The van der Waals surface area contributed by atoms with Crippen molar-refractivity contribution in [3.8, 4) is 5.75 Å². The van der Waals surface area contributed by atoms with Gasteiger partial charge in [-0.15, -0.1) is 0 Å². The van der Waals surface area contributed by atoms with Crippen molar-refractivity contribution in [2.45, 2.75) is 0 Å². The van der Waals surface area contributed by atoms with E-state index in [4.69, 9.17) is 39.5 Å². The van der Waals surface area contributed by atoms with Crippen LogP contribution >= 0.6 is 66.7 Å². The zero-order valence-corrected chi connectivity index (χ0v) is 16.2. The van der Waals surface area contributed by atoms with Gasteiger partial charge >= 0.3 is 0 Å². The summed E-state index contributed by atoms with van der Waals surface area (Å²) in [4.78, 5) is 11.9. The number of halogens is 5. The minimum atomic E-state index is -0.366. The Bertz CT molecular complexity index is 725. The van der Waals surface area contributed by atoms with Gasteiger partial charge in [-0.2, -0.15) is 0 Å². The third-order valence-corrected chi connectivity index (χ3v) is 4.68. The number of benzene rings is 2. The molecule has 0 radical (unpaired) electrons. The van der Waals surface area contributed by atoms with Crippen LogP contribution in [0.4, 0.5) is 5.69 Å². The maximum atomic E-state index is 11.9. The highest BCUT2D eigenvalue weighted by Gasteiger charge is 2.11. The number of hydrogen-bond donors (Lipinski definition) is 1. The smallest absolute Gasteiger partial charge is 0.262 e. The van der Waals surface area contributed by atoms with E-state index in [1.165, 1.54) is 12.1 Å². The van der Waals surface area contributed by atoms with Crippen LogP contribution in [-0.2, 0) is 4.79 Å². The lowest BCUT2D eigenvalue weighted by molar-refractivity contribution is -0.118. The van der Waals surface area contributed by atoms with E-state index in [1.807, 2.05) is 12.1 Å². The first-order chi connectivity index (χ1) is 10.4. The Morgan fingerprint density at radius 2 is 1.73 bits per heavy atom. The van der Waals surface area contributed by atoms with E-state index in [9.17, 15) is 4.79 Å². The molecule has 3 nitrogen and oxygen atoms in total. The number of ether oxygens (including phenoxy) is 1. The predicted octanol–water partition coefficient (Wildman–Crippen LogP) is 6.19. The Hall–Kier alpha value is -0.460. The largest absolute Gasteiger partial charge is 0.483 e. The first-order valence-corrected chi connectivity index (χ1v) is 8.61. The van der Waals surface area contributed by atoms with Crippen molar-refractivity contribution < 1.29 is 9.53 Å². The van der Waals surface area contributed by atoms with Crippen LogP contribution in [0, 0.1) is 0 Å². The molecule has 0 bridgehead atoms. The second-order valence-corrected chi connectivity index (χ2v) is 7.15. The fraction of sp³-hybridized carbons (Fsp3) is 0.0714. The topological polar surface area (TPSA) is 38.3 Å². The van der Waals surface area contributed by atoms with E-state index in [1.54, 1.807) is 6.07 Å². The van der Waals surface area contributed by atoms with Crippen LogP contribution in [0.2, 0.25) is 15.1 Å². The van der Waals surface area contributed by atoms with Gasteiger partial charge in [0.1, 0.15) is 5.75 Å². The number of hydrogen-bond acceptors (Lipinski definition) is 2. The van der Waals surface area contributed by atoms with Gasteiger partial charge in [-0.3, -0.25) is 4.79 Å². The number of anilines is 1. The molecule has 0 aliphatic carbocycles. The van der Waals surface area contributed by atoms with Crippen molar-refractivity contribution in [1.29, 1.82) is 0 Å². The van der Waals surface area contributed by atoms with Gasteiger partial charge in [0.25, 0.3) is 5.91 Å². The third-order valence-electron chi connectivity index (χ3n) is 2.54. The maximum Gasteiger partial charge on any atom is 0.262 e. The van der Waals surface area contributed by atoms with Crippen LogP contribution in [0.1, 0.15) is 0 Å². The van der Waals surface area contributed by atoms with Gasteiger partial charge in [-0.25, -0.2) is 0 Å². The van der Waals surface area contributed by atoms with E-state index >= 15 is 0 Å². The second-order valence-electron chi connectivity index (χ2n) is 4.16. The second kappa shape index (κ2) is 7.88. The molecule has 2 rings (SSSR count). The highest BCUT2D eigenvalue weighted by Crippen LogP contribution is 2.32. The summed E-state index contributed by atoms with van der Waals surface area (Å²) in [5.41, 5.74) is 0.375. The van der Waals surface area contributed by atoms with Gasteiger partial charge in [-0.05, 0) is 46.3 Å². The Kier molecular flexibility index (Phi) is 6.41. The fourth-order valence-electron chi connectivity index (χ4n) is 1.54. The molecule has 8 heteroatoms. The summed E-state index contributed by atoms with van der Waals surface area (Å²) in [6.45, 7) is -0.170. The van der Waals surface area contributed by atoms with Crippen LogP contribution < -0.4 is 10.1 Å². The molecular weight excluding hydrogens is 480 g/mol. The monoisotopic (exact) mass is 485 g/mol. The number of amides is 1. The average molecular weight is 488 g/mol. The molecule has 0 atom stereocenters. The summed E-state index contributed by atoms with van der Waals surface area (Å²) >= 11 is 24.4. The molecule has 0 aliphatic rings. The van der Waals surface area contributed by atoms with Crippen molar-refractivity contribution >= 4 is 78.3 Å². The molecule has 0 heterocycles. The van der Waals surface area contributed by atoms with E-state index < -0.39 is 0 Å². The standard InChI is InChI=1S/C14H8Br2Cl3NO2/c15-7-1-2-13(8(16)3-7)22-6-14(21)20-12-5-10(18)9(17)4-11(12)19/h1-5H,6H2,(H,20,21). The summed E-state index contributed by atoms with van der Waals surface area (Å²) in [5, 5.41) is 3.54. The summed E-state index contributed by atoms with van der Waals surface area (Å²) in [6.07, 6.45) is 0. The first-order valence-electron chi connectivity index (χ1n) is 5.89. The lowest BCUT2D eigenvalue weighted by Crippen LogP contribution is -2.20. The molecular formula is C14H8Br2Cl3NO2.